The van der Waals surface area contributed by atoms with Gasteiger partial charge in [0.05, 0.1) is 6.61 Å². The number of aromatic hydroxyl groups is 1. The normalized spacial score (nSPS) is 12.7. The van der Waals surface area contributed by atoms with Gasteiger partial charge < -0.3 is 9.84 Å². The molecule has 0 amide bonds. The second kappa shape index (κ2) is 7.26. The van der Waals surface area contributed by atoms with Gasteiger partial charge in [-0.2, -0.15) is 0 Å². The van der Waals surface area contributed by atoms with E-state index in [0.29, 0.717) is 18.7 Å². The number of phenolic OH excluding ortho intramolecular Hbond substituents is 1. The lowest BCUT2D eigenvalue weighted by Gasteiger charge is -2.27. The van der Waals surface area contributed by atoms with Crippen molar-refractivity contribution >= 4 is 5.78 Å². The van der Waals surface area contributed by atoms with Crippen molar-refractivity contribution in [2.45, 2.75) is 33.4 Å². The third-order valence-corrected chi connectivity index (χ3v) is 3.30. The molecule has 0 saturated carbocycles. The van der Waals surface area contributed by atoms with Crippen LogP contribution in [0.5, 0.6) is 5.75 Å². The maximum Gasteiger partial charge on any atom is 0.159 e. The Kier molecular flexibility index (Phi) is 5.99. The molecule has 1 N–H and O–H groups in total. The number of likely N-dealkylation sites (N-methyl/N-ethyl adjacent to an activating group) is 1. The lowest BCUT2D eigenvalue weighted by Crippen LogP contribution is -2.35. The number of rotatable bonds is 7. The van der Waals surface area contributed by atoms with E-state index in [2.05, 4.69) is 18.7 Å². The highest BCUT2D eigenvalue weighted by Crippen LogP contribution is 2.21. The van der Waals surface area contributed by atoms with E-state index >= 15 is 0 Å². The predicted octanol–water partition coefficient (Wildman–Crippen LogP) is 2.45. The highest BCUT2D eigenvalue weighted by atomic mass is 16.5. The summed E-state index contributed by atoms with van der Waals surface area (Å²) in [6.45, 7) is 7.78. The number of methoxy groups -OCH3 is 1. The van der Waals surface area contributed by atoms with E-state index in [4.69, 9.17) is 4.74 Å². The summed E-state index contributed by atoms with van der Waals surface area (Å²) >= 11 is 0. The van der Waals surface area contributed by atoms with Crippen LogP contribution in [0.25, 0.3) is 0 Å². The topological polar surface area (TPSA) is 49.8 Å². The molecule has 0 saturated heterocycles. The van der Waals surface area contributed by atoms with Crippen molar-refractivity contribution in [2.75, 3.05) is 20.3 Å². The van der Waals surface area contributed by atoms with Gasteiger partial charge in [-0.25, -0.2) is 0 Å². The fraction of sp³-hybridized carbons (Fsp3) is 0.533. The molecule has 1 aromatic rings. The third kappa shape index (κ3) is 4.33. The van der Waals surface area contributed by atoms with Crippen LogP contribution in [0, 0.1) is 0 Å². The summed E-state index contributed by atoms with van der Waals surface area (Å²) in [7, 11) is 1.68. The number of ether oxygens (including phenoxy) is 1. The number of Topliss-reactive ketones (excluding diaryl/α,β-unsaturated/α-hetero) is 1. The molecule has 0 aromatic heterocycles. The van der Waals surface area contributed by atoms with Crippen molar-refractivity contribution in [1.29, 1.82) is 0 Å². The summed E-state index contributed by atoms with van der Waals surface area (Å²) in [6.07, 6.45) is 0. The first-order chi connectivity index (χ1) is 8.99. The smallest absolute Gasteiger partial charge is 0.159 e. The van der Waals surface area contributed by atoms with Crippen LogP contribution in [0.15, 0.2) is 18.2 Å². The summed E-state index contributed by atoms with van der Waals surface area (Å²) in [4.78, 5) is 13.6. The Labute approximate surface area is 115 Å². The van der Waals surface area contributed by atoms with Gasteiger partial charge in [-0.3, -0.25) is 9.69 Å². The fourth-order valence-corrected chi connectivity index (χ4v) is 2.08. The van der Waals surface area contributed by atoms with Crippen LogP contribution >= 0.6 is 0 Å². The number of nitrogens with zero attached hydrogens (tertiary/aromatic N) is 1. The monoisotopic (exact) mass is 265 g/mol. The van der Waals surface area contributed by atoms with Crippen molar-refractivity contribution in [2.24, 2.45) is 0 Å². The van der Waals surface area contributed by atoms with Crippen molar-refractivity contribution < 1.29 is 14.6 Å². The van der Waals surface area contributed by atoms with E-state index in [0.717, 1.165) is 12.1 Å². The Balaban J connectivity index is 2.89. The van der Waals surface area contributed by atoms with Crippen LogP contribution in [0.1, 0.15) is 36.7 Å². The molecule has 0 radical (unpaired) electrons. The average Bonchev–Trinajstić information content (AvgIpc) is 2.37. The fourth-order valence-electron chi connectivity index (χ4n) is 2.08. The van der Waals surface area contributed by atoms with Crippen LogP contribution in [-0.4, -0.2) is 42.1 Å². The Morgan fingerprint density at radius 2 is 2.16 bits per heavy atom. The molecule has 4 heteroatoms. The first-order valence-corrected chi connectivity index (χ1v) is 6.55. The zero-order valence-electron chi connectivity index (χ0n) is 12.1. The lowest BCUT2D eigenvalue weighted by molar-refractivity contribution is 0.0974. The molecule has 1 atom stereocenters. The summed E-state index contributed by atoms with van der Waals surface area (Å²) < 4.78 is 5.16. The molecule has 1 rings (SSSR count). The second-order valence-electron chi connectivity index (χ2n) is 4.77. The van der Waals surface area contributed by atoms with Gasteiger partial charge in [0.2, 0.25) is 0 Å². The van der Waals surface area contributed by atoms with Gasteiger partial charge in [0.15, 0.2) is 5.78 Å². The first-order valence-electron chi connectivity index (χ1n) is 6.55. The molecule has 0 aliphatic carbocycles. The summed E-state index contributed by atoms with van der Waals surface area (Å²) in [6, 6.07) is 5.26. The van der Waals surface area contributed by atoms with E-state index in [1.165, 1.54) is 6.92 Å². The van der Waals surface area contributed by atoms with Crippen LogP contribution < -0.4 is 0 Å². The van der Waals surface area contributed by atoms with Gasteiger partial charge in [-0.15, -0.1) is 0 Å². The van der Waals surface area contributed by atoms with Gasteiger partial charge >= 0.3 is 0 Å². The van der Waals surface area contributed by atoms with Crippen LogP contribution in [0.4, 0.5) is 0 Å². The summed E-state index contributed by atoms with van der Waals surface area (Å²) in [5.74, 6) is 0.238. The summed E-state index contributed by atoms with van der Waals surface area (Å²) in [5.41, 5.74) is 1.40. The molecule has 1 aromatic carbocycles. The molecule has 0 aliphatic rings. The maximum absolute atomic E-state index is 11.4. The Bertz CT molecular complexity index is 431. The number of carbonyl (C=O) groups excluding carboxylic acids is 1. The van der Waals surface area contributed by atoms with Crippen LogP contribution in [-0.2, 0) is 11.3 Å². The summed E-state index contributed by atoms with van der Waals surface area (Å²) in [5, 5.41) is 9.90. The van der Waals surface area contributed by atoms with E-state index in [1.807, 2.05) is 0 Å². The van der Waals surface area contributed by atoms with Crippen LogP contribution in [0.2, 0.25) is 0 Å². The van der Waals surface area contributed by atoms with Crippen molar-refractivity contribution in [1.82, 2.24) is 4.90 Å². The molecule has 0 heterocycles. The number of hydrogen-bond acceptors (Lipinski definition) is 4. The molecule has 19 heavy (non-hydrogen) atoms. The molecule has 106 valence electrons. The number of benzene rings is 1. The van der Waals surface area contributed by atoms with Crippen LogP contribution in [0.3, 0.4) is 0 Å². The third-order valence-electron chi connectivity index (χ3n) is 3.30. The zero-order chi connectivity index (χ0) is 14.4. The molecule has 0 aliphatic heterocycles. The van der Waals surface area contributed by atoms with Gasteiger partial charge in [0, 0.05) is 30.8 Å². The molecule has 4 nitrogen and oxygen atoms in total. The minimum Gasteiger partial charge on any atom is -0.508 e. The Hall–Kier alpha value is -1.39. The second-order valence-corrected chi connectivity index (χ2v) is 4.77. The number of hydrogen-bond donors (Lipinski definition) is 1. The van der Waals surface area contributed by atoms with E-state index in [-0.39, 0.29) is 17.6 Å². The number of ketones is 1. The SMILES string of the molecule is CCN(Cc1cc(C(C)=O)ccc1O)C(C)COC. The molecular weight excluding hydrogens is 242 g/mol. The first kappa shape index (κ1) is 15.7. The molecule has 0 fully saturated rings. The molecule has 0 spiro atoms. The lowest BCUT2D eigenvalue weighted by atomic mass is 10.1. The van der Waals surface area contributed by atoms with Crippen molar-refractivity contribution in [3.8, 4) is 5.75 Å². The largest absolute Gasteiger partial charge is 0.508 e. The van der Waals surface area contributed by atoms with E-state index < -0.39 is 0 Å². The quantitative estimate of drug-likeness (QED) is 0.769. The molecule has 1 unspecified atom stereocenters. The highest BCUT2D eigenvalue weighted by Gasteiger charge is 2.15. The van der Waals surface area contributed by atoms with Crippen molar-refractivity contribution in [3.63, 3.8) is 0 Å². The minimum atomic E-state index is 0.00855. The van der Waals surface area contributed by atoms with Gasteiger partial charge in [-0.1, -0.05) is 6.92 Å². The zero-order valence-corrected chi connectivity index (χ0v) is 12.1. The number of phenols is 1. The Morgan fingerprint density at radius 1 is 1.47 bits per heavy atom. The van der Waals surface area contributed by atoms with E-state index in [9.17, 15) is 9.90 Å². The number of carbonyl (C=O) groups is 1. The minimum absolute atomic E-state index is 0.00855. The van der Waals surface area contributed by atoms with Gasteiger partial charge in [0.1, 0.15) is 5.75 Å². The standard InChI is InChI=1S/C15H23NO3/c1-5-16(11(2)10-19-4)9-14-8-13(12(3)17)6-7-15(14)18/h6-8,11,18H,5,9-10H2,1-4H3. The van der Waals surface area contributed by atoms with Gasteiger partial charge in [0.25, 0.3) is 0 Å². The maximum atomic E-state index is 11.4. The van der Waals surface area contributed by atoms with Gasteiger partial charge in [-0.05, 0) is 38.6 Å². The average molecular weight is 265 g/mol. The van der Waals surface area contributed by atoms with E-state index in [1.54, 1.807) is 25.3 Å². The Morgan fingerprint density at radius 3 is 2.68 bits per heavy atom. The molecule has 0 bridgehead atoms. The van der Waals surface area contributed by atoms with Crippen molar-refractivity contribution in [3.05, 3.63) is 29.3 Å². The molecular formula is C15H23NO3. The predicted molar refractivity (Wildman–Crippen MR) is 75.5 cm³/mol. The highest BCUT2D eigenvalue weighted by molar-refractivity contribution is 5.94.